The summed E-state index contributed by atoms with van der Waals surface area (Å²) in [5.74, 6) is -4.54. The second kappa shape index (κ2) is 6.30. The molecule has 24 heavy (non-hydrogen) atoms. The van der Waals surface area contributed by atoms with Crippen LogP contribution in [0.25, 0.3) is 11.1 Å². The van der Waals surface area contributed by atoms with Crippen LogP contribution >= 0.6 is 0 Å². The summed E-state index contributed by atoms with van der Waals surface area (Å²) in [6.07, 6.45) is 2.21. The number of aryl methyl sites for hydroxylation is 1. The van der Waals surface area contributed by atoms with Crippen LogP contribution < -0.4 is 0 Å². The Hall–Kier alpha value is -2.30. The minimum absolute atomic E-state index is 0.0768. The fraction of sp³-hybridized carbons (Fsp3) is 0.263. The van der Waals surface area contributed by atoms with Crippen molar-refractivity contribution in [3.05, 3.63) is 70.5 Å². The van der Waals surface area contributed by atoms with E-state index in [1.54, 1.807) is 0 Å². The van der Waals surface area contributed by atoms with Crippen LogP contribution in [0.5, 0.6) is 0 Å². The Morgan fingerprint density at radius 3 is 2.08 bits per heavy atom. The molecule has 1 atom stereocenters. The molecule has 126 valence electrons. The van der Waals surface area contributed by atoms with Crippen molar-refractivity contribution in [3.8, 4) is 11.1 Å². The molecule has 1 nitrogen and oxygen atoms in total. The van der Waals surface area contributed by atoms with Gasteiger partial charge in [-0.25, -0.2) is 17.6 Å². The zero-order valence-electron chi connectivity index (χ0n) is 13.3. The van der Waals surface area contributed by atoms with Crippen LogP contribution in [0, 0.1) is 30.2 Å². The van der Waals surface area contributed by atoms with Crippen molar-refractivity contribution < 1.29 is 22.3 Å². The molecule has 1 heterocycles. The van der Waals surface area contributed by atoms with E-state index in [4.69, 9.17) is 4.74 Å². The van der Waals surface area contributed by atoms with Gasteiger partial charge in [-0.1, -0.05) is 24.3 Å². The second-order valence-corrected chi connectivity index (χ2v) is 6.02. The number of hydrogen-bond acceptors (Lipinski definition) is 1. The van der Waals surface area contributed by atoms with Gasteiger partial charge in [-0.15, -0.1) is 0 Å². The third-order valence-electron chi connectivity index (χ3n) is 4.26. The summed E-state index contributed by atoms with van der Waals surface area (Å²) in [5, 5.41) is 0. The Bertz CT molecular complexity index is 827. The summed E-state index contributed by atoms with van der Waals surface area (Å²) < 4.78 is 62.1. The Labute approximate surface area is 137 Å². The van der Waals surface area contributed by atoms with Crippen LogP contribution in [0.3, 0.4) is 0 Å². The first-order valence-corrected chi connectivity index (χ1v) is 7.64. The average molecular weight is 336 g/mol. The van der Waals surface area contributed by atoms with Gasteiger partial charge < -0.3 is 4.74 Å². The maximum absolute atomic E-state index is 14.5. The maximum atomic E-state index is 14.5. The summed E-state index contributed by atoms with van der Waals surface area (Å²) in [6, 6.07) is 5.20. The number of allylic oxidation sites excluding steroid dienone is 1. The lowest BCUT2D eigenvalue weighted by Crippen LogP contribution is -2.10. The van der Waals surface area contributed by atoms with Crippen molar-refractivity contribution in [3.63, 3.8) is 0 Å². The molecule has 0 spiro atoms. The first kappa shape index (κ1) is 16.6. The van der Waals surface area contributed by atoms with E-state index >= 15 is 0 Å². The Kier molecular flexibility index (Phi) is 4.35. The van der Waals surface area contributed by atoms with Gasteiger partial charge in [0.15, 0.2) is 23.3 Å². The summed E-state index contributed by atoms with van der Waals surface area (Å²) in [6.45, 7) is 3.29. The van der Waals surface area contributed by atoms with E-state index in [-0.39, 0.29) is 22.3 Å². The molecule has 1 unspecified atom stereocenters. The van der Waals surface area contributed by atoms with Gasteiger partial charge in [0.1, 0.15) is 6.10 Å². The van der Waals surface area contributed by atoms with Gasteiger partial charge in [0.2, 0.25) is 0 Å². The van der Waals surface area contributed by atoms with Crippen LogP contribution in [0.15, 0.2) is 36.1 Å². The first-order chi connectivity index (χ1) is 11.4. The standard InChI is InChI=1S/C19H16F4O/c1-10-3-8-15(24-9-10)14-7-6-13(18(22)19(14)23)12-5-4-11(2)16(20)17(12)21/h4-7,9,15H,3,8H2,1-2H3. The van der Waals surface area contributed by atoms with E-state index < -0.39 is 29.4 Å². The SMILES string of the molecule is CC1=COC(c2ccc(-c3ccc(C)c(F)c3F)c(F)c2F)CC1. The van der Waals surface area contributed by atoms with Crippen molar-refractivity contribution >= 4 is 0 Å². The quantitative estimate of drug-likeness (QED) is 0.614. The smallest absolute Gasteiger partial charge is 0.167 e. The molecule has 1 aliphatic rings. The molecule has 0 aliphatic carbocycles. The lowest BCUT2D eigenvalue weighted by atomic mass is 9.95. The van der Waals surface area contributed by atoms with Gasteiger partial charge in [-0.3, -0.25) is 0 Å². The topological polar surface area (TPSA) is 9.23 Å². The van der Waals surface area contributed by atoms with Crippen molar-refractivity contribution in [1.82, 2.24) is 0 Å². The average Bonchev–Trinajstić information content (AvgIpc) is 2.57. The molecular formula is C19H16F4O. The number of benzene rings is 2. The molecule has 0 bridgehead atoms. The highest BCUT2D eigenvalue weighted by Gasteiger charge is 2.25. The first-order valence-electron chi connectivity index (χ1n) is 7.64. The fourth-order valence-corrected chi connectivity index (χ4v) is 2.79. The van der Waals surface area contributed by atoms with Crippen LogP contribution in [0.1, 0.15) is 37.0 Å². The van der Waals surface area contributed by atoms with E-state index in [9.17, 15) is 17.6 Å². The van der Waals surface area contributed by atoms with E-state index in [0.717, 1.165) is 12.0 Å². The van der Waals surface area contributed by atoms with Gasteiger partial charge in [-0.2, -0.15) is 0 Å². The third kappa shape index (κ3) is 2.79. The molecule has 2 aromatic carbocycles. The van der Waals surface area contributed by atoms with Crippen molar-refractivity contribution in [2.24, 2.45) is 0 Å². The molecule has 3 rings (SSSR count). The van der Waals surface area contributed by atoms with Crippen LogP contribution in [-0.2, 0) is 4.74 Å². The van der Waals surface area contributed by atoms with Gasteiger partial charge in [0.25, 0.3) is 0 Å². The predicted octanol–water partition coefficient (Wildman–Crippen LogP) is 5.97. The van der Waals surface area contributed by atoms with Crippen molar-refractivity contribution in [2.75, 3.05) is 0 Å². The number of halogens is 4. The van der Waals surface area contributed by atoms with Crippen LogP contribution in [-0.4, -0.2) is 0 Å². The minimum Gasteiger partial charge on any atom is -0.493 e. The van der Waals surface area contributed by atoms with Gasteiger partial charge in [0.05, 0.1) is 6.26 Å². The molecule has 1 aliphatic heterocycles. The largest absolute Gasteiger partial charge is 0.493 e. The molecular weight excluding hydrogens is 320 g/mol. The summed E-state index contributed by atoms with van der Waals surface area (Å²) in [5.41, 5.74) is 0.594. The molecule has 0 saturated carbocycles. The van der Waals surface area contributed by atoms with Gasteiger partial charge in [0, 0.05) is 16.7 Å². The molecule has 0 fully saturated rings. The molecule has 0 aromatic heterocycles. The second-order valence-electron chi connectivity index (χ2n) is 6.02. The number of rotatable bonds is 2. The number of ether oxygens (including phenoxy) is 1. The highest BCUT2D eigenvalue weighted by molar-refractivity contribution is 5.66. The molecule has 0 saturated heterocycles. The van der Waals surface area contributed by atoms with Crippen molar-refractivity contribution in [2.45, 2.75) is 32.8 Å². The van der Waals surface area contributed by atoms with Crippen LogP contribution in [0.2, 0.25) is 0 Å². The Morgan fingerprint density at radius 2 is 1.46 bits per heavy atom. The summed E-state index contributed by atoms with van der Waals surface area (Å²) in [7, 11) is 0. The molecule has 5 heteroatoms. The molecule has 0 amide bonds. The lowest BCUT2D eigenvalue weighted by Gasteiger charge is -2.23. The third-order valence-corrected chi connectivity index (χ3v) is 4.26. The monoisotopic (exact) mass is 336 g/mol. The Balaban J connectivity index is 2.04. The molecule has 0 N–H and O–H groups in total. The highest BCUT2D eigenvalue weighted by atomic mass is 19.2. The number of hydrogen-bond donors (Lipinski definition) is 0. The predicted molar refractivity (Wildman–Crippen MR) is 83.3 cm³/mol. The van der Waals surface area contributed by atoms with Gasteiger partial charge >= 0.3 is 0 Å². The van der Waals surface area contributed by atoms with E-state index in [1.165, 1.54) is 37.5 Å². The van der Waals surface area contributed by atoms with Crippen LogP contribution in [0.4, 0.5) is 17.6 Å². The van der Waals surface area contributed by atoms with Crippen molar-refractivity contribution in [1.29, 1.82) is 0 Å². The molecule has 0 radical (unpaired) electrons. The normalized spacial score (nSPS) is 17.4. The molecule has 2 aromatic rings. The lowest BCUT2D eigenvalue weighted by molar-refractivity contribution is 0.116. The van der Waals surface area contributed by atoms with E-state index in [2.05, 4.69) is 0 Å². The van der Waals surface area contributed by atoms with E-state index in [0.29, 0.717) is 6.42 Å². The Morgan fingerprint density at radius 1 is 0.833 bits per heavy atom. The fourth-order valence-electron chi connectivity index (χ4n) is 2.79. The zero-order chi connectivity index (χ0) is 17.4. The minimum atomic E-state index is -1.20. The summed E-state index contributed by atoms with van der Waals surface area (Å²) >= 11 is 0. The summed E-state index contributed by atoms with van der Waals surface area (Å²) in [4.78, 5) is 0. The van der Waals surface area contributed by atoms with E-state index in [1.807, 2.05) is 6.92 Å². The van der Waals surface area contributed by atoms with Gasteiger partial charge in [-0.05, 0) is 37.8 Å². The maximum Gasteiger partial charge on any atom is 0.167 e. The zero-order valence-corrected chi connectivity index (χ0v) is 13.3. The highest BCUT2D eigenvalue weighted by Crippen LogP contribution is 2.36.